The van der Waals surface area contributed by atoms with Gasteiger partial charge in [0.25, 0.3) is 5.91 Å². The number of sulfonamides is 1. The third kappa shape index (κ3) is 3.09. The van der Waals surface area contributed by atoms with Crippen LogP contribution in [0.4, 0.5) is 11.5 Å². The van der Waals surface area contributed by atoms with Crippen LogP contribution in [0.15, 0.2) is 18.2 Å². The highest BCUT2D eigenvalue weighted by molar-refractivity contribution is 7.88. The molecule has 0 saturated heterocycles. The smallest absolute Gasteiger partial charge is 0.254 e. The Morgan fingerprint density at radius 1 is 1.41 bits per heavy atom. The lowest BCUT2D eigenvalue weighted by molar-refractivity contribution is 0.0850. The third-order valence-corrected chi connectivity index (χ3v) is 6.75. The SMILES string of the molecule is CS(=O)(=O)N1CCc2c(N)nn(C(=O)C3CCNc4c(Cl)cccc43)c2C1. The van der Waals surface area contributed by atoms with Crippen molar-refractivity contribution < 1.29 is 13.2 Å². The van der Waals surface area contributed by atoms with Crippen molar-refractivity contribution in [2.45, 2.75) is 25.3 Å². The Balaban J connectivity index is 1.74. The van der Waals surface area contributed by atoms with Gasteiger partial charge in [-0.15, -0.1) is 5.10 Å². The molecule has 0 fully saturated rings. The normalized spacial score (nSPS) is 19.9. The fraction of sp³-hybridized carbons (Fsp3) is 0.412. The van der Waals surface area contributed by atoms with Crippen LogP contribution in [0.3, 0.4) is 0 Å². The van der Waals surface area contributed by atoms with Gasteiger partial charge in [0.1, 0.15) is 5.82 Å². The summed E-state index contributed by atoms with van der Waals surface area (Å²) in [7, 11) is -3.37. The lowest BCUT2D eigenvalue weighted by atomic mass is 9.90. The minimum atomic E-state index is -3.37. The van der Waals surface area contributed by atoms with Crippen LogP contribution in [0, 0.1) is 0 Å². The summed E-state index contributed by atoms with van der Waals surface area (Å²) < 4.78 is 26.5. The first kappa shape index (κ1) is 18.3. The summed E-state index contributed by atoms with van der Waals surface area (Å²) in [6.45, 7) is 1.04. The number of benzene rings is 1. The number of carbonyl (C=O) groups excluding carboxylic acids is 1. The first-order chi connectivity index (χ1) is 12.8. The van der Waals surface area contributed by atoms with E-state index < -0.39 is 15.9 Å². The lowest BCUT2D eigenvalue weighted by Gasteiger charge is -2.28. The largest absolute Gasteiger partial charge is 0.384 e. The molecule has 0 amide bonds. The number of para-hydroxylation sites is 1. The molecule has 0 spiro atoms. The summed E-state index contributed by atoms with van der Waals surface area (Å²) in [6.07, 6.45) is 2.20. The van der Waals surface area contributed by atoms with Gasteiger partial charge in [-0.3, -0.25) is 4.79 Å². The molecule has 8 nitrogen and oxygen atoms in total. The summed E-state index contributed by atoms with van der Waals surface area (Å²) in [5, 5.41) is 8.05. The number of nitrogen functional groups attached to an aromatic ring is 1. The Morgan fingerprint density at radius 2 is 2.19 bits per heavy atom. The Morgan fingerprint density at radius 3 is 2.93 bits per heavy atom. The van der Waals surface area contributed by atoms with Crippen molar-refractivity contribution in [2.75, 3.05) is 30.4 Å². The summed E-state index contributed by atoms with van der Waals surface area (Å²) in [6, 6.07) is 5.46. The Bertz CT molecular complexity index is 1030. The second-order valence-corrected chi connectivity index (χ2v) is 9.27. The van der Waals surface area contributed by atoms with Crippen LogP contribution in [0.2, 0.25) is 5.02 Å². The number of nitrogens with one attached hydrogen (secondary N) is 1. The molecular weight excluding hydrogens is 390 g/mol. The topological polar surface area (TPSA) is 110 Å². The van der Waals surface area contributed by atoms with Crippen LogP contribution < -0.4 is 11.1 Å². The molecule has 10 heteroatoms. The zero-order valence-corrected chi connectivity index (χ0v) is 16.3. The number of hydrogen-bond donors (Lipinski definition) is 2. The van der Waals surface area contributed by atoms with E-state index >= 15 is 0 Å². The van der Waals surface area contributed by atoms with Crippen LogP contribution in [-0.4, -0.2) is 47.8 Å². The fourth-order valence-corrected chi connectivity index (χ4v) is 4.83. The quantitative estimate of drug-likeness (QED) is 0.780. The average Bonchev–Trinajstić information content (AvgIpc) is 2.97. The van der Waals surface area contributed by atoms with E-state index in [4.69, 9.17) is 17.3 Å². The Kier molecular flexibility index (Phi) is 4.40. The van der Waals surface area contributed by atoms with Gasteiger partial charge in [0, 0.05) is 18.7 Å². The molecule has 144 valence electrons. The standard InChI is InChI=1S/C17H20ClN5O3S/c1-27(25,26)22-8-6-12-14(9-22)23(21-16(12)19)17(24)11-5-7-20-15-10(11)3-2-4-13(15)18/h2-4,11,20H,5-9H2,1H3,(H2,19,21). The molecule has 0 bridgehead atoms. The molecule has 2 aliphatic heterocycles. The van der Waals surface area contributed by atoms with Crippen molar-refractivity contribution >= 4 is 39.0 Å². The van der Waals surface area contributed by atoms with E-state index in [1.807, 2.05) is 12.1 Å². The number of carbonyl (C=O) groups is 1. The second-order valence-electron chi connectivity index (χ2n) is 6.88. The molecule has 3 N–H and O–H groups in total. The molecule has 0 aliphatic carbocycles. The third-order valence-electron chi connectivity index (χ3n) is 5.19. The molecule has 0 radical (unpaired) electrons. The molecule has 4 rings (SSSR count). The van der Waals surface area contributed by atoms with E-state index in [0.717, 1.165) is 23.1 Å². The first-order valence-corrected chi connectivity index (χ1v) is 10.9. The molecule has 1 atom stereocenters. The van der Waals surface area contributed by atoms with Crippen LogP contribution >= 0.6 is 11.6 Å². The second kappa shape index (κ2) is 6.50. The summed E-state index contributed by atoms with van der Waals surface area (Å²) in [5.74, 6) is -0.355. The predicted molar refractivity (Wildman–Crippen MR) is 104 cm³/mol. The first-order valence-electron chi connectivity index (χ1n) is 8.65. The maximum Gasteiger partial charge on any atom is 0.254 e. The molecule has 27 heavy (non-hydrogen) atoms. The number of anilines is 2. The highest BCUT2D eigenvalue weighted by Gasteiger charge is 2.34. The molecule has 2 aromatic rings. The number of fused-ring (bicyclic) bond motifs is 2. The minimum absolute atomic E-state index is 0.0947. The molecule has 3 heterocycles. The number of halogens is 1. The maximum absolute atomic E-state index is 13.3. The summed E-state index contributed by atoms with van der Waals surface area (Å²) in [4.78, 5) is 13.3. The van der Waals surface area contributed by atoms with E-state index in [9.17, 15) is 13.2 Å². The van der Waals surface area contributed by atoms with Gasteiger partial charge in [0.2, 0.25) is 10.0 Å². The van der Waals surface area contributed by atoms with E-state index in [0.29, 0.717) is 36.6 Å². The number of rotatable bonds is 2. The van der Waals surface area contributed by atoms with Crippen molar-refractivity contribution in [3.05, 3.63) is 40.0 Å². The van der Waals surface area contributed by atoms with Gasteiger partial charge in [-0.05, 0) is 24.5 Å². The van der Waals surface area contributed by atoms with Crippen molar-refractivity contribution in [1.82, 2.24) is 14.1 Å². The lowest BCUT2D eigenvalue weighted by Crippen LogP contribution is -2.37. The highest BCUT2D eigenvalue weighted by atomic mass is 35.5. The number of aromatic nitrogens is 2. The van der Waals surface area contributed by atoms with Crippen molar-refractivity contribution in [3.8, 4) is 0 Å². The number of nitrogens with zero attached hydrogens (tertiary/aromatic N) is 3. The Labute approximate surface area is 162 Å². The maximum atomic E-state index is 13.3. The van der Waals surface area contributed by atoms with Crippen LogP contribution in [0.25, 0.3) is 0 Å². The van der Waals surface area contributed by atoms with Crippen LogP contribution in [-0.2, 0) is 23.0 Å². The van der Waals surface area contributed by atoms with Crippen molar-refractivity contribution in [1.29, 1.82) is 0 Å². The zero-order valence-electron chi connectivity index (χ0n) is 14.8. The Hall–Kier alpha value is -2.10. The molecule has 0 saturated carbocycles. The van der Waals surface area contributed by atoms with Crippen LogP contribution in [0.5, 0.6) is 0 Å². The molecule has 2 aliphatic rings. The molecule has 1 unspecified atom stereocenters. The van der Waals surface area contributed by atoms with Gasteiger partial charge < -0.3 is 11.1 Å². The van der Waals surface area contributed by atoms with Gasteiger partial charge in [0.15, 0.2) is 0 Å². The molecule has 1 aromatic heterocycles. The van der Waals surface area contributed by atoms with Crippen molar-refractivity contribution in [2.24, 2.45) is 0 Å². The highest BCUT2D eigenvalue weighted by Crippen LogP contribution is 2.38. The van der Waals surface area contributed by atoms with Crippen LogP contribution in [0.1, 0.15) is 34.0 Å². The molecular formula is C17H20ClN5O3S. The minimum Gasteiger partial charge on any atom is -0.384 e. The van der Waals surface area contributed by atoms with Crippen molar-refractivity contribution in [3.63, 3.8) is 0 Å². The van der Waals surface area contributed by atoms with E-state index in [1.165, 1.54) is 8.99 Å². The monoisotopic (exact) mass is 409 g/mol. The van der Waals surface area contributed by atoms with Gasteiger partial charge in [-0.25, -0.2) is 13.1 Å². The van der Waals surface area contributed by atoms with E-state index in [-0.39, 0.29) is 18.3 Å². The zero-order chi connectivity index (χ0) is 19.3. The summed E-state index contributed by atoms with van der Waals surface area (Å²) >= 11 is 6.26. The number of nitrogens with two attached hydrogens (primary N) is 1. The summed E-state index contributed by atoms with van der Waals surface area (Å²) in [5.41, 5.74) is 8.90. The van der Waals surface area contributed by atoms with Gasteiger partial charge in [-0.2, -0.15) is 4.31 Å². The predicted octanol–water partition coefficient (Wildman–Crippen LogP) is 1.68. The molecule has 1 aromatic carbocycles. The van der Waals surface area contributed by atoms with Gasteiger partial charge in [-0.1, -0.05) is 23.7 Å². The van der Waals surface area contributed by atoms with E-state index in [1.54, 1.807) is 6.07 Å². The van der Waals surface area contributed by atoms with Gasteiger partial charge in [0.05, 0.1) is 35.1 Å². The number of hydrogen-bond acceptors (Lipinski definition) is 6. The average molecular weight is 410 g/mol. The fourth-order valence-electron chi connectivity index (χ4n) is 3.81. The van der Waals surface area contributed by atoms with E-state index in [2.05, 4.69) is 10.4 Å². The van der Waals surface area contributed by atoms with Gasteiger partial charge >= 0.3 is 0 Å².